The van der Waals surface area contributed by atoms with Crippen LogP contribution in [0.4, 0.5) is 23.0 Å². The highest BCUT2D eigenvalue weighted by atomic mass is 32.2. The number of aromatic amines is 1. The van der Waals surface area contributed by atoms with Crippen molar-refractivity contribution in [2.75, 3.05) is 17.7 Å². The molecular weight excluding hydrogens is 450 g/mol. The van der Waals surface area contributed by atoms with Crippen molar-refractivity contribution in [3.8, 4) is 0 Å². The number of nitrogens with one attached hydrogen (secondary N) is 3. The lowest BCUT2D eigenvalue weighted by Gasteiger charge is -2.09. The summed E-state index contributed by atoms with van der Waals surface area (Å²) >= 11 is 1.09. The van der Waals surface area contributed by atoms with Crippen molar-refractivity contribution in [1.82, 2.24) is 20.2 Å². The van der Waals surface area contributed by atoms with Gasteiger partial charge >= 0.3 is 11.7 Å². The molecule has 3 aromatic rings. The van der Waals surface area contributed by atoms with Gasteiger partial charge in [-0.25, -0.2) is 9.78 Å². The molecule has 3 N–H and O–H groups in total. The summed E-state index contributed by atoms with van der Waals surface area (Å²) in [6.07, 6.45) is 1.82. The summed E-state index contributed by atoms with van der Waals surface area (Å²) in [7, 11) is 1.11. The maximum Gasteiger partial charge on any atom is 0.364 e. The number of anilines is 3. The van der Waals surface area contributed by atoms with Crippen LogP contribution in [0.15, 0.2) is 40.4 Å². The summed E-state index contributed by atoms with van der Waals surface area (Å²) in [5.41, 5.74) is 0.284. The highest BCUT2D eigenvalue weighted by Crippen LogP contribution is 2.34. The van der Waals surface area contributed by atoms with E-state index in [-0.39, 0.29) is 28.6 Å². The van der Waals surface area contributed by atoms with Crippen LogP contribution in [0.1, 0.15) is 29.0 Å². The van der Waals surface area contributed by atoms with Gasteiger partial charge in [-0.1, -0.05) is 0 Å². The largest absolute Gasteiger partial charge is 0.464 e. The van der Waals surface area contributed by atoms with E-state index in [0.717, 1.165) is 37.4 Å². The Labute approximate surface area is 191 Å². The number of methoxy groups -OCH3 is 1. The minimum atomic E-state index is -0.967. The molecule has 0 saturated heterocycles. The first-order valence-corrected chi connectivity index (χ1v) is 10.7. The second-order valence-electron chi connectivity index (χ2n) is 7.25. The van der Waals surface area contributed by atoms with Gasteiger partial charge in [0, 0.05) is 28.3 Å². The number of H-pyrrole nitrogens is 1. The van der Waals surface area contributed by atoms with Gasteiger partial charge in [-0.05, 0) is 55.8 Å². The van der Waals surface area contributed by atoms with Crippen LogP contribution in [0.5, 0.6) is 0 Å². The zero-order valence-corrected chi connectivity index (χ0v) is 18.4. The first kappa shape index (κ1) is 22.2. The number of aryl methyl sites for hydroxylation is 1. The first-order chi connectivity index (χ1) is 15.8. The molecule has 13 heteroatoms. The number of benzene rings is 1. The molecule has 0 aliphatic heterocycles. The molecule has 1 saturated carbocycles. The maximum absolute atomic E-state index is 12.2. The molecule has 0 atom stereocenters. The first-order valence-electron chi connectivity index (χ1n) is 9.86. The van der Waals surface area contributed by atoms with Gasteiger partial charge in [0.05, 0.1) is 12.0 Å². The van der Waals surface area contributed by atoms with E-state index in [4.69, 9.17) is 0 Å². The summed E-state index contributed by atoms with van der Waals surface area (Å²) in [5.74, 6) is -0.783. The van der Waals surface area contributed by atoms with Crippen molar-refractivity contribution in [1.29, 1.82) is 0 Å². The van der Waals surface area contributed by atoms with E-state index < -0.39 is 22.3 Å². The molecule has 2 heterocycles. The number of nitrogens with zero attached hydrogens (tertiary/aromatic N) is 4. The van der Waals surface area contributed by atoms with Crippen LogP contribution in [-0.4, -0.2) is 44.1 Å². The summed E-state index contributed by atoms with van der Waals surface area (Å²) < 4.78 is 4.69. The molecule has 170 valence electrons. The summed E-state index contributed by atoms with van der Waals surface area (Å²) in [6.45, 7) is 1.77. The number of rotatable bonds is 8. The maximum atomic E-state index is 12.2. The Kier molecular flexibility index (Phi) is 6.22. The van der Waals surface area contributed by atoms with Gasteiger partial charge in [0.2, 0.25) is 17.4 Å². The van der Waals surface area contributed by atoms with E-state index in [9.17, 15) is 19.7 Å². The standard InChI is InChI=1S/C20H19N7O5S/c1-10-9-14(26-25-10)22-17-16(27(30)31)15(19(29)32-2)23-20(24-17)33-13-7-5-12(6-8-13)21-18(28)11-3-4-11/h5-9,11H,3-4H2,1-2H3,(H,21,28)(H2,22,23,24,25,26). The fraction of sp³-hybridized carbons (Fsp3) is 0.250. The lowest BCUT2D eigenvalue weighted by atomic mass is 10.3. The number of hydrogen-bond donors (Lipinski definition) is 3. The molecule has 33 heavy (non-hydrogen) atoms. The van der Waals surface area contributed by atoms with Gasteiger partial charge in [0.15, 0.2) is 11.0 Å². The van der Waals surface area contributed by atoms with Crippen molar-refractivity contribution in [3.63, 3.8) is 0 Å². The molecule has 0 unspecified atom stereocenters. The summed E-state index contributed by atoms with van der Waals surface area (Å²) in [4.78, 5) is 44.1. The molecule has 2 aromatic heterocycles. The van der Waals surface area contributed by atoms with Gasteiger partial charge in [-0.15, -0.1) is 0 Å². The van der Waals surface area contributed by atoms with Crippen LogP contribution >= 0.6 is 11.8 Å². The number of carbonyl (C=O) groups is 2. The summed E-state index contributed by atoms with van der Waals surface area (Å²) in [6, 6.07) is 8.60. The third-order valence-corrected chi connectivity index (χ3v) is 5.53. The highest BCUT2D eigenvalue weighted by Gasteiger charge is 2.31. The van der Waals surface area contributed by atoms with Crippen molar-refractivity contribution in [2.24, 2.45) is 5.92 Å². The predicted octanol–water partition coefficient (Wildman–Crippen LogP) is 3.45. The second kappa shape index (κ2) is 9.24. The van der Waals surface area contributed by atoms with Crippen molar-refractivity contribution in [2.45, 2.75) is 29.8 Å². The Morgan fingerprint density at radius 1 is 1.24 bits per heavy atom. The Balaban J connectivity index is 1.64. The fourth-order valence-corrected chi connectivity index (χ4v) is 3.64. The second-order valence-corrected chi connectivity index (χ2v) is 8.29. The van der Waals surface area contributed by atoms with E-state index in [2.05, 4.69) is 35.5 Å². The van der Waals surface area contributed by atoms with Crippen molar-refractivity contribution >= 4 is 46.6 Å². The predicted molar refractivity (Wildman–Crippen MR) is 119 cm³/mol. The number of nitro groups is 1. The smallest absolute Gasteiger partial charge is 0.364 e. The van der Waals surface area contributed by atoms with E-state index in [0.29, 0.717) is 10.6 Å². The molecule has 0 spiro atoms. The van der Waals surface area contributed by atoms with E-state index in [1.165, 1.54) is 0 Å². The number of esters is 1. The average molecular weight is 469 g/mol. The molecule has 0 radical (unpaired) electrons. The minimum Gasteiger partial charge on any atom is -0.464 e. The van der Waals surface area contributed by atoms with Gasteiger partial charge in [-0.2, -0.15) is 10.1 Å². The topological polar surface area (TPSA) is 165 Å². The Bertz CT molecular complexity index is 1220. The van der Waals surface area contributed by atoms with Gasteiger partial charge < -0.3 is 15.4 Å². The number of aromatic nitrogens is 4. The number of amides is 1. The molecule has 1 fully saturated rings. The average Bonchev–Trinajstić information content (AvgIpc) is 3.56. The van der Waals surface area contributed by atoms with E-state index >= 15 is 0 Å². The van der Waals surface area contributed by atoms with Gasteiger partial charge in [0.1, 0.15) is 0 Å². The molecular formula is C20H19N7O5S. The number of hydrogen-bond acceptors (Lipinski definition) is 10. The molecule has 12 nitrogen and oxygen atoms in total. The third-order valence-electron chi connectivity index (χ3n) is 4.66. The molecule has 4 rings (SSSR count). The Morgan fingerprint density at radius 2 is 1.97 bits per heavy atom. The zero-order valence-electron chi connectivity index (χ0n) is 17.6. The Hall–Kier alpha value is -4.00. The van der Waals surface area contributed by atoms with Crippen LogP contribution in [-0.2, 0) is 9.53 Å². The third kappa shape index (κ3) is 5.26. The molecule has 1 aliphatic carbocycles. The van der Waals surface area contributed by atoms with E-state index in [1.807, 2.05) is 0 Å². The molecule has 0 bridgehead atoms. The quantitative estimate of drug-likeness (QED) is 0.192. The lowest BCUT2D eigenvalue weighted by molar-refractivity contribution is -0.384. The SMILES string of the molecule is COC(=O)c1nc(Sc2ccc(NC(=O)C3CC3)cc2)nc(Nc2cc(C)[nH]n2)c1[N+](=O)[O-]. The van der Waals surface area contributed by atoms with Crippen LogP contribution in [0, 0.1) is 23.0 Å². The van der Waals surface area contributed by atoms with Crippen LogP contribution in [0.2, 0.25) is 0 Å². The zero-order chi connectivity index (χ0) is 23.5. The fourth-order valence-electron chi connectivity index (χ4n) is 2.88. The molecule has 1 aromatic carbocycles. The van der Waals surface area contributed by atoms with Crippen molar-refractivity contribution < 1.29 is 19.2 Å². The lowest BCUT2D eigenvalue weighted by Crippen LogP contribution is -2.13. The van der Waals surface area contributed by atoms with Gasteiger partial charge in [-0.3, -0.25) is 20.0 Å². The normalized spacial score (nSPS) is 12.8. The molecule has 1 amide bonds. The molecule has 1 aliphatic rings. The van der Waals surface area contributed by atoms with Crippen LogP contribution in [0.3, 0.4) is 0 Å². The minimum absolute atomic E-state index is 0.00106. The van der Waals surface area contributed by atoms with Gasteiger partial charge in [0.25, 0.3) is 0 Å². The monoisotopic (exact) mass is 469 g/mol. The number of carbonyl (C=O) groups excluding carboxylic acids is 2. The van der Waals surface area contributed by atoms with Crippen molar-refractivity contribution in [3.05, 3.63) is 51.8 Å². The highest BCUT2D eigenvalue weighted by molar-refractivity contribution is 7.99. The Morgan fingerprint density at radius 3 is 2.55 bits per heavy atom. The van der Waals surface area contributed by atoms with Crippen LogP contribution < -0.4 is 10.6 Å². The number of ether oxygens (including phenoxy) is 1. The van der Waals surface area contributed by atoms with Crippen LogP contribution in [0.25, 0.3) is 0 Å². The van der Waals surface area contributed by atoms with E-state index in [1.54, 1.807) is 37.3 Å². The summed E-state index contributed by atoms with van der Waals surface area (Å²) in [5, 5.41) is 24.1.